The van der Waals surface area contributed by atoms with Gasteiger partial charge in [-0.3, -0.25) is 0 Å². The number of thioether (sulfide) groups is 2. The van der Waals surface area contributed by atoms with E-state index in [4.69, 9.17) is 5.73 Å². The van der Waals surface area contributed by atoms with Gasteiger partial charge in [-0.1, -0.05) is 18.2 Å². The predicted octanol–water partition coefficient (Wildman–Crippen LogP) is 4.60. The van der Waals surface area contributed by atoms with Crippen LogP contribution in [0.5, 0.6) is 0 Å². The van der Waals surface area contributed by atoms with Crippen molar-refractivity contribution in [2.24, 2.45) is 0 Å². The third kappa shape index (κ3) is 3.91. The molecule has 0 amide bonds. The van der Waals surface area contributed by atoms with Crippen LogP contribution in [0.1, 0.15) is 5.56 Å². The summed E-state index contributed by atoms with van der Waals surface area (Å²) in [5.74, 6) is 1.67. The molecule has 0 radical (unpaired) electrons. The summed E-state index contributed by atoms with van der Waals surface area (Å²) in [5, 5.41) is 0. The molecule has 0 unspecified atom stereocenters. The summed E-state index contributed by atoms with van der Waals surface area (Å²) < 4.78 is 13.4. The number of hydrogen-bond donors (Lipinski definition) is 1. The lowest BCUT2D eigenvalue weighted by molar-refractivity contribution is 0.602. The van der Waals surface area contributed by atoms with E-state index in [2.05, 4.69) is 6.07 Å². The largest absolute Gasteiger partial charge is 0.398 e. The Balaban J connectivity index is 1.84. The molecular weight excluding hydrogens is 277 g/mol. The van der Waals surface area contributed by atoms with Gasteiger partial charge in [0.25, 0.3) is 0 Å². The van der Waals surface area contributed by atoms with Crippen LogP contribution in [0, 0.1) is 12.7 Å². The second-order valence-corrected chi connectivity index (χ2v) is 6.37. The smallest absolute Gasteiger partial charge is 0.136 e. The van der Waals surface area contributed by atoms with E-state index in [-0.39, 0.29) is 5.82 Å². The number of halogens is 1. The predicted molar refractivity (Wildman–Crippen MR) is 83.4 cm³/mol. The fraction of sp³-hybridized carbons (Fsp3) is 0.200. The molecule has 0 heterocycles. The molecule has 2 N–H and O–H groups in total. The maximum absolute atomic E-state index is 13.4. The van der Waals surface area contributed by atoms with Crippen molar-refractivity contribution in [3.8, 4) is 0 Å². The van der Waals surface area contributed by atoms with Gasteiger partial charge in [-0.2, -0.15) is 0 Å². The molecule has 0 aliphatic carbocycles. The Morgan fingerprint density at radius 1 is 0.947 bits per heavy atom. The van der Waals surface area contributed by atoms with Gasteiger partial charge in [0.2, 0.25) is 0 Å². The van der Waals surface area contributed by atoms with Gasteiger partial charge in [0.05, 0.1) is 0 Å². The summed E-state index contributed by atoms with van der Waals surface area (Å²) in [4.78, 5) is 1.92. The summed E-state index contributed by atoms with van der Waals surface area (Å²) >= 11 is 3.31. The fourth-order valence-corrected chi connectivity index (χ4v) is 3.65. The normalized spacial score (nSPS) is 10.6. The van der Waals surface area contributed by atoms with E-state index in [0.717, 1.165) is 22.8 Å². The summed E-state index contributed by atoms with van der Waals surface area (Å²) in [5.41, 5.74) is 7.82. The van der Waals surface area contributed by atoms with Crippen molar-refractivity contribution in [1.82, 2.24) is 0 Å². The van der Waals surface area contributed by atoms with Crippen LogP contribution in [-0.2, 0) is 0 Å². The molecule has 1 nitrogen and oxygen atoms in total. The molecule has 0 aromatic heterocycles. The Kier molecular flexibility index (Phi) is 5.16. The van der Waals surface area contributed by atoms with Crippen molar-refractivity contribution < 1.29 is 4.39 Å². The van der Waals surface area contributed by atoms with E-state index in [1.54, 1.807) is 29.6 Å². The lowest BCUT2D eigenvalue weighted by Crippen LogP contribution is -1.92. The molecule has 0 atom stereocenters. The molecule has 0 fully saturated rings. The highest BCUT2D eigenvalue weighted by atomic mass is 32.2. The lowest BCUT2D eigenvalue weighted by atomic mass is 10.2. The van der Waals surface area contributed by atoms with Gasteiger partial charge in [-0.15, -0.1) is 23.5 Å². The van der Waals surface area contributed by atoms with Crippen molar-refractivity contribution in [2.75, 3.05) is 17.2 Å². The number of anilines is 1. The maximum Gasteiger partial charge on any atom is 0.136 e. The summed E-state index contributed by atoms with van der Waals surface area (Å²) in [6.45, 7) is 2.03. The fourth-order valence-electron chi connectivity index (χ4n) is 1.65. The van der Waals surface area contributed by atoms with Crippen molar-refractivity contribution in [3.05, 3.63) is 53.8 Å². The minimum atomic E-state index is -0.141. The molecule has 19 heavy (non-hydrogen) atoms. The number of nitrogens with two attached hydrogens (primary N) is 1. The van der Waals surface area contributed by atoms with Crippen molar-refractivity contribution in [3.63, 3.8) is 0 Å². The lowest BCUT2D eigenvalue weighted by Gasteiger charge is -2.08. The van der Waals surface area contributed by atoms with Crippen LogP contribution in [-0.4, -0.2) is 11.5 Å². The average molecular weight is 293 g/mol. The zero-order chi connectivity index (χ0) is 13.7. The van der Waals surface area contributed by atoms with E-state index in [0.29, 0.717) is 4.90 Å². The Bertz CT molecular complexity index is 558. The van der Waals surface area contributed by atoms with E-state index >= 15 is 0 Å². The highest BCUT2D eigenvalue weighted by molar-refractivity contribution is 8.03. The monoisotopic (exact) mass is 293 g/mol. The van der Waals surface area contributed by atoms with Crippen molar-refractivity contribution in [2.45, 2.75) is 16.7 Å². The first-order valence-corrected chi connectivity index (χ1v) is 8.01. The molecule has 0 aliphatic heterocycles. The summed E-state index contributed by atoms with van der Waals surface area (Å²) in [7, 11) is 0. The van der Waals surface area contributed by atoms with Gasteiger partial charge < -0.3 is 5.73 Å². The molecule has 0 saturated heterocycles. The molecule has 2 rings (SSSR count). The first-order chi connectivity index (χ1) is 9.18. The molecule has 100 valence electrons. The van der Waals surface area contributed by atoms with Gasteiger partial charge >= 0.3 is 0 Å². The van der Waals surface area contributed by atoms with E-state index in [1.165, 1.54) is 11.0 Å². The van der Waals surface area contributed by atoms with Gasteiger partial charge in [-0.05, 0) is 36.8 Å². The second kappa shape index (κ2) is 6.87. The summed E-state index contributed by atoms with van der Waals surface area (Å²) in [6, 6.07) is 12.8. The Morgan fingerprint density at radius 3 is 2.32 bits per heavy atom. The second-order valence-electron chi connectivity index (χ2n) is 4.10. The first kappa shape index (κ1) is 14.3. The van der Waals surface area contributed by atoms with Gasteiger partial charge in [0, 0.05) is 27.0 Å². The standard InChI is InChI=1S/C15H16FNS2/c1-11-13(17)6-4-8-14(11)18-9-10-19-15-7-3-2-5-12(15)16/h2-8H,9-10,17H2,1H3. The molecular formula is C15H16FNS2. The molecule has 0 spiro atoms. The van der Waals surface area contributed by atoms with E-state index in [9.17, 15) is 4.39 Å². The maximum atomic E-state index is 13.4. The quantitative estimate of drug-likeness (QED) is 0.495. The van der Waals surface area contributed by atoms with E-state index in [1.807, 2.05) is 31.2 Å². The average Bonchev–Trinajstić information content (AvgIpc) is 2.41. The number of nitrogen functional groups attached to an aromatic ring is 1. The third-order valence-electron chi connectivity index (χ3n) is 2.76. The van der Waals surface area contributed by atoms with Gasteiger partial charge in [0.1, 0.15) is 5.82 Å². The third-order valence-corrected chi connectivity index (χ3v) is 5.23. The summed E-state index contributed by atoms with van der Waals surface area (Å²) in [6.07, 6.45) is 0. The van der Waals surface area contributed by atoms with Crippen LogP contribution >= 0.6 is 23.5 Å². The van der Waals surface area contributed by atoms with E-state index < -0.39 is 0 Å². The molecule has 0 bridgehead atoms. The Morgan fingerprint density at radius 2 is 1.58 bits per heavy atom. The Hall–Kier alpha value is -1.13. The molecule has 2 aromatic carbocycles. The van der Waals surface area contributed by atoms with Crippen LogP contribution in [0.4, 0.5) is 10.1 Å². The minimum absolute atomic E-state index is 0.141. The number of rotatable bonds is 5. The highest BCUT2D eigenvalue weighted by Crippen LogP contribution is 2.28. The van der Waals surface area contributed by atoms with Crippen LogP contribution in [0.2, 0.25) is 0 Å². The zero-order valence-electron chi connectivity index (χ0n) is 10.7. The van der Waals surface area contributed by atoms with Crippen LogP contribution in [0.3, 0.4) is 0 Å². The number of benzene rings is 2. The van der Waals surface area contributed by atoms with Crippen LogP contribution in [0.15, 0.2) is 52.3 Å². The molecule has 0 aliphatic rings. The van der Waals surface area contributed by atoms with Crippen LogP contribution < -0.4 is 5.73 Å². The van der Waals surface area contributed by atoms with Gasteiger partial charge in [-0.25, -0.2) is 4.39 Å². The SMILES string of the molecule is Cc1c(N)cccc1SCCSc1ccccc1F. The minimum Gasteiger partial charge on any atom is -0.398 e. The first-order valence-electron chi connectivity index (χ1n) is 6.03. The zero-order valence-corrected chi connectivity index (χ0v) is 12.4. The van der Waals surface area contributed by atoms with Gasteiger partial charge in [0.15, 0.2) is 0 Å². The number of hydrogen-bond acceptors (Lipinski definition) is 3. The van der Waals surface area contributed by atoms with Crippen molar-refractivity contribution in [1.29, 1.82) is 0 Å². The van der Waals surface area contributed by atoms with Crippen molar-refractivity contribution >= 4 is 29.2 Å². The Labute approximate surface area is 121 Å². The molecule has 2 aromatic rings. The topological polar surface area (TPSA) is 26.0 Å². The highest BCUT2D eigenvalue weighted by Gasteiger charge is 2.03. The molecule has 0 saturated carbocycles. The van der Waals surface area contributed by atoms with Crippen LogP contribution in [0.25, 0.3) is 0 Å². The molecule has 4 heteroatoms.